The van der Waals surface area contributed by atoms with E-state index < -0.39 is 18.3 Å². The summed E-state index contributed by atoms with van der Waals surface area (Å²) in [6, 6.07) is 9.08. The van der Waals surface area contributed by atoms with Gasteiger partial charge in [0, 0.05) is 18.1 Å². The van der Waals surface area contributed by atoms with E-state index in [1.807, 2.05) is 13.8 Å². The van der Waals surface area contributed by atoms with Gasteiger partial charge in [0.1, 0.15) is 0 Å². The summed E-state index contributed by atoms with van der Waals surface area (Å²) >= 11 is 1.58. The summed E-state index contributed by atoms with van der Waals surface area (Å²) in [7, 11) is 0. The maximum atomic E-state index is 13.1. The molecule has 40 heavy (non-hydrogen) atoms. The summed E-state index contributed by atoms with van der Waals surface area (Å²) in [5.41, 5.74) is 3.51. The summed E-state index contributed by atoms with van der Waals surface area (Å²) in [5.74, 6) is -5.01. The molecule has 2 saturated carbocycles. The highest BCUT2D eigenvalue weighted by Gasteiger charge is 2.54. The van der Waals surface area contributed by atoms with E-state index in [-0.39, 0.29) is 35.0 Å². The Morgan fingerprint density at radius 2 is 1.57 bits per heavy atom. The van der Waals surface area contributed by atoms with Crippen LogP contribution in [0.25, 0.3) is 0 Å². The first-order valence-corrected chi connectivity index (χ1v) is 16.6. The molecule has 0 amide bonds. The van der Waals surface area contributed by atoms with E-state index in [0.717, 1.165) is 30.6 Å². The largest absolute Gasteiger partial charge is 0.393 e. The van der Waals surface area contributed by atoms with Crippen molar-refractivity contribution in [1.82, 2.24) is 0 Å². The first-order valence-electron chi connectivity index (χ1n) is 15.6. The minimum absolute atomic E-state index is 0.0457. The van der Waals surface area contributed by atoms with Crippen molar-refractivity contribution in [2.75, 3.05) is 5.75 Å². The Kier molecular flexibility index (Phi) is 12.1. The van der Waals surface area contributed by atoms with Crippen LogP contribution in [0.1, 0.15) is 131 Å². The number of alkyl halides is 4. The summed E-state index contributed by atoms with van der Waals surface area (Å²) in [6.45, 7) is 17.1. The Morgan fingerprint density at radius 3 is 2.17 bits per heavy atom. The van der Waals surface area contributed by atoms with Crippen LogP contribution in [-0.2, 0) is 6.42 Å². The smallest absolute Gasteiger partial charge is 0.309 e. The molecule has 0 saturated heterocycles. The van der Waals surface area contributed by atoms with E-state index in [2.05, 4.69) is 65.8 Å². The molecule has 0 spiro atoms. The number of aryl methyl sites for hydroxylation is 1. The normalized spacial score (nSPS) is 28.2. The van der Waals surface area contributed by atoms with E-state index in [4.69, 9.17) is 0 Å². The van der Waals surface area contributed by atoms with Crippen molar-refractivity contribution in [3.05, 3.63) is 35.4 Å². The maximum absolute atomic E-state index is 13.1. The molecule has 0 heterocycles. The number of hydrogen-bond acceptors (Lipinski definition) is 2. The Hall–Kier alpha value is -0.750. The second kappa shape index (κ2) is 13.7. The molecule has 0 radical (unpaired) electrons. The topological polar surface area (TPSA) is 20.2 Å². The van der Waals surface area contributed by atoms with Crippen molar-refractivity contribution in [1.29, 1.82) is 0 Å². The molecule has 0 aromatic heterocycles. The highest BCUT2D eigenvalue weighted by Crippen LogP contribution is 2.60. The fraction of sp³-hybridized carbons (Fsp3) is 0.824. The van der Waals surface area contributed by atoms with Crippen LogP contribution in [0, 0.1) is 22.7 Å². The van der Waals surface area contributed by atoms with Gasteiger partial charge in [-0.2, -0.15) is 20.5 Å². The van der Waals surface area contributed by atoms with Gasteiger partial charge in [0.15, 0.2) is 0 Å². The molecule has 6 heteroatoms. The summed E-state index contributed by atoms with van der Waals surface area (Å²) in [4.78, 5) is 0. The van der Waals surface area contributed by atoms with Gasteiger partial charge >= 0.3 is 11.8 Å². The van der Waals surface area contributed by atoms with Gasteiger partial charge in [0.25, 0.3) is 0 Å². The maximum Gasteiger partial charge on any atom is 0.309 e. The lowest BCUT2D eigenvalue weighted by atomic mass is 9.55. The fourth-order valence-electron chi connectivity index (χ4n) is 6.96. The zero-order chi connectivity index (χ0) is 30.6. The first kappa shape index (κ1) is 35.4. The molecule has 5 unspecified atom stereocenters. The number of aliphatic hydroxyl groups excluding tert-OH is 1. The van der Waals surface area contributed by atoms with Gasteiger partial charge in [-0.15, -0.1) is 0 Å². The average Bonchev–Trinajstić information content (AvgIpc) is 3.21. The summed E-state index contributed by atoms with van der Waals surface area (Å²) < 4.78 is 51.4. The fourth-order valence-corrected chi connectivity index (χ4v) is 8.29. The predicted molar refractivity (Wildman–Crippen MR) is 164 cm³/mol. The number of aliphatic hydroxyl groups is 1. The number of halogens is 4. The highest BCUT2D eigenvalue weighted by molar-refractivity contribution is 8.00. The van der Waals surface area contributed by atoms with Crippen molar-refractivity contribution >= 4 is 11.8 Å². The van der Waals surface area contributed by atoms with Gasteiger partial charge in [-0.3, -0.25) is 0 Å². The van der Waals surface area contributed by atoms with Crippen LogP contribution in [0.2, 0.25) is 0 Å². The van der Waals surface area contributed by atoms with Crippen LogP contribution >= 0.6 is 11.8 Å². The zero-order valence-corrected chi connectivity index (χ0v) is 27.4. The number of fused-ring (bicyclic) bond motifs is 5. The second-order valence-corrected chi connectivity index (χ2v) is 15.3. The number of rotatable bonds is 8. The van der Waals surface area contributed by atoms with E-state index in [0.29, 0.717) is 5.75 Å². The Morgan fingerprint density at radius 1 is 0.950 bits per heavy atom. The van der Waals surface area contributed by atoms with Crippen LogP contribution in [-0.4, -0.2) is 33.6 Å². The molecule has 232 valence electrons. The Labute approximate surface area is 246 Å². The van der Waals surface area contributed by atoms with E-state index in [1.165, 1.54) is 32.1 Å². The molecule has 2 fully saturated rings. The molecule has 1 N–H and O–H groups in total. The standard InChI is InChI=1S/C18H24O.C14H26F4S.C2H6/c1-18-11-10-14-13-5-3-2-4-12(13)6-7-15(14)16(18)8-9-17(18)19;1-7-11(2,3)12(4,5)19-10-8-9-14(17,18)13(6,15)16;1-2/h2-5,14-17,19H,6-11H2,1H3;7-10H2,1-6H3;1-2H3. The number of hydrogen-bond donors (Lipinski definition) is 1. The lowest BCUT2D eigenvalue weighted by Crippen LogP contribution is -2.43. The first-order chi connectivity index (χ1) is 18.5. The number of thioether (sulfide) groups is 1. The third-order valence-corrected chi connectivity index (χ3v) is 12.6. The molecule has 1 aromatic carbocycles. The number of benzene rings is 1. The van der Waals surface area contributed by atoms with Gasteiger partial charge < -0.3 is 5.11 Å². The third kappa shape index (κ3) is 7.60. The predicted octanol–water partition coefficient (Wildman–Crippen LogP) is 10.9. The van der Waals surface area contributed by atoms with Gasteiger partial charge in [-0.1, -0.05) is 79.7 Å². The molecule has 1 nitrogen and oxygen atoms in total. The molecular formula is C34H56F4OS. The van der Waals surface area contributed by atoms with Crippen LogP contribution in [0.4, 0.5) is 17.6 Å². The molecule has 0 bridgehead atoms. The van der Waals surface area contributed by atoms with Crippen LogP contribution in [0.15, 0.2) is 24.3 Å². The van der Waals surface area contributed by atoms with Crippen LogP contribution < -0.4 is 0 Å². The molecule has 0 aliphatic heterocycles. The van der Waals surface area contributed by atoms with E-state index >= 15 is 0 Å². The SMILES string of the molecule is CC.CC12CCC3c4ccccc4CCC3C1CCC2O.CCC(C)(C)C(C)(C)SCCCC(F)(F)C(C)(F)F. The lowest BCUT2D eigenvalue weighted by molar-refractivity contribution is -0.200. The monoisotopic (exact) mass is 588 g/mol. The molecule has 1 aromatic rings. The molecular weight excluding hydrogens is 532 g/mol. The minimum atomic E-state index is -3.93. The van der Waals surface area contributed by atoms with Gasteiger partial charge in [0.05, 0.1) is 6.10 Å². The quantitative estimate of drug-likeness (QED) is 0.241. The summed E-state index contributed by atoms with van der Waals surface area (Å²) in [5, 5.41) is 10.4. The zero-order valence-electron chi connectivity index (χ0n) is 26.6. The van der Waals surface area contributed by atoms with E-state index in [9.17, 15) is 22.7 Å². The lowest BCUT2D eigenvalue weighted by Gasteiger charge is -2.50. The van der Waals surface area contributed by atoms with E-state index in [1.54, 1.807) is 22.9 Å². The van der Waals surface area contributed by atoms with Gasteiger partial charge in [0.2, 0.25) is 0 Å². The van der Waals surface area contributed by atoms with Crippen molar-refractivity contribution in [3.63, 3.8) is 0 Å². The average molecular weight is 589 g/mol. The second-order valence-electron chi connectivity index (χ2n) is 13.5. The van der Waals surface area contributed by atoms with Crippen molar-refractivity contribution < 1.29 is 22.7 Å². The van der Waals surface area contributed by atoms with Gasteiger partial charge in [-0.05, 0) is 96.8 Å². The van der Waals surface area contributed by atoms with Crippen LogP contribution in [0.3, 0.4) is 0 Å². The molecule has 3 aliphatic rings. The van der Waals surface area contributed by atoms with Crippen LogP contribution in [0.5, 0.6) is 0 Å². The molecule has 3 aliphatic carbocycles. The van der Waals surface area contributed by atoms with Gasteiger partial charge in [-0.25, -0.2) is 8.78 Å². The van der Waals surface area contributed by atoms with Crippen molar-refractivity contribution in [2.24, 2.45) is 22.7 Å². The third-order valence-electron chi connectivity index (χ3n) is 10.8. The Balaban J connectivity index is 0.000000264. The van der Waals surface area contributed by atoms with Crippen molar-refractivity contribution in [3.8, 4) is 0 Å². The summed E-state index contributed by atoms with van der Waals surface area (Å²) in [6.07, 6.45) is 7.66. The minimum Gasteiger partial charge on any atom is -0.393 e. The Bertz CT molecular complexity index is 925. The highest BCUT2D eigenvalue weighted by atomic mass is 32.2. The molecule has 5 atom stereocenters. The molecule has 4 rings (SSSR count). The van der Waals surface area contributed by atoms with Crippen molar-refractivity contribution in [2.45, 2.75) is 149 Å².